The van der Waals surface area contributed by atoms with Crippen LogP contribution in [-0.2, 0) is 6.54 Å². The first-order valence-electron chi connectivity index (χ1n) is 5.89. The maximum Gasteiger partial charge on any atom is 0.299 e. The van der Waals surface area contributed by atoms with Crippen molar-refractivity contribution in [2.45, 2.75) is 25.4 Å². The van der Waals surface area contributed by atoms with E-state index < -0.39 is 5.82 Å². The van der Waals surface area contributed by atoms with Crippen molar-refractivity contribution < 1.29 is 9.13 Å². The van der Waals surface area contributed by atoms with Gasteiger partial charge in [-0.25, -0.2) is 4.39 Å². The molecule has 1 N–H and O–H groups in total. The fourth-order valence-electron chi connectivity index (χ4n) is 1.51. The average Bonchev–Trinajstić information content (AvgIpc) is 3.12. The molecule has 1 fully saturated rings. The quantitative estimate of drug-likeness (QED) is 0.919. The van der Waals surface area contributed by atoms with Crippen molar-refractivity contribution in [3.05, 3.63) is 34.0 Å². The number of benzene rings is 1. The molecule has 0 spiro atoms. The summed E-state index contributed by atoms with van der Waals surface area (Å²) >= 11 is 7.04. The van der Waals surface area contributed by atoms with Crippen LogP contribution in [0.4, 0.5) is 4.39 Å². The van der Waals surface area contributed by atoms with Gasteiger partial charge >= 0.3 is 0 Å². The Morgan fingerprint density at radius 3 is 3.00 bits per heavy atom. The van der Waals surface area contributed by atoms with Crippen molar-refractivity contribution in [1.29, 1.82) is 0 Å². The number of aromatic nitrogens is 2. The molecular weight excluding hydrogens is 289 g/mol. The van der Waals surface area contributed by atoms with Gasteiger partial charge < -0.3 is 10.1 Å². The molecule has 100 valence electrons. The SMILES string of the molecule is Fc1ccc(Oc2nnc(CNC3CC3)s2)cc1Cl. The van der Waals surface area contributed by atoms with Gasteiger partial charge in [-0.3, -0.25) is 0 Å². The Kier molecular flexibility index (Phi) is 3.63. The zero-order valence-electron chi connectivity index (χ0n) is 9.90. The van der Waals surface area contributed by atoms with E-state index in [2.05, 4.69) is 15.5 Å². The monoisotopic (exact) mass is 299 g/mol. The maximum atomic E-state index is 13.0. The van der Waals surface area contributed by atoms with Crippen molar-refractivity contribution in [1.82, 2.24) is 15.5 Å². The van der Waals surface area contributed by atoms with Crippen LogP contribution in [0.1, 0.15) is 17.8 Å². The molecule has 0 atom stereocenters. The summed E-state index contributed by atoms with van der Waals surface area (Å²) in [6.45, 7) is 0.704. The first kappa shape index (κ1) is 12.8. The summed E-state index contributed by atoms with van der Waals surface area (Å²) in [5.74, 6) is -0.0233. The molecule has 0 radical (unpaired) electrons. The van der Waals surface area contributed by atoms with E-state index >= 15 is 0 Å². The number of hydrogen-bond donors (Lipinski definition) is 1. The molecule has 2 aromatic rings. The Hall–Kier alpha value is -1.24. The van der Waals surface area contributed by atoms with Gasteiger partial charge in [0.05, 0.1) is 11.6 Å². The summed E-state index contributed by atoms with van der Waals surface area (Å²) in [6.07, 6.45) is 2.46. The maximum absolute atomic E-state index is 13.0. The highest BCUT2D eigenvalue weighted by molar-refractivity contribution is 7.13. The molecule has 0 unspecified atom stereocenters. The summed E-state index contributed by atoms with van der Waals surface area (Å²) in [7, 11) is 0. The van der Waals surface area contributed by atoms with Crippen LogP contribution < -0.4 is 10.1 Å². The first-order valence-corrected chi connectivity index (χ1v) is 7.09. The van der Waals surface area contributed by atoms with Crippen LogP contribution in [0.15, 0.2) is 18.2 Å². The first-order chi connectivity index (χ1) is 9.20. The van der Waals surface area contributed by atoms with Crippen LogP contribution >= 0.6 is 22.9 Å². The van der Waals surface area contributed by atoms with E-state index in [9.17, 15) is 4.39 Å². The molecule has 1 aliphatic rings. The van der Waals surface area contributed by atoms with Gasteiger partial charge in [0.1, 0.15) is 16.6 Å². The van der Waals surface area contributed by atoms with Gasteiger partial charge in [0.25, 0.3) is 5.19 Å². The lowest BCUT2D eigenvalue weighted by Crippen LogP contribution is -2.14. The van der Waals surface area contributed by atoms with Crippen molar-refractivity contribution in [3.63, 3.8) is 0 Å². The summed E-state index contributed by atoms with van der Waals surface area (Å²) in [4.78, 5) is 0. The van der Waals surface area contributed by atoms with Crippen LogP contribution in [0.5, 0.6) is 10.9 Å². The molecular formula is C12H11ClFN3OS. The van der Waals surface area contributed by atoms with Crippen LogP contribution in [0.25, 0.3) is 0 Å². The average molecular weight is 300 g/mol. The van der Waals surface area contributed by atoms with Crippen molar-refractivity contribution >= 4 is 22.9 Å². The van der Waals surface area contributed by atoms with Crippen LogP contribution in [0, 0.1) is 5.82 Å². The fourth-order valence-corrected chi connectivity index (χ4v) is 2.34. The fraction of sp³-hybridized carbons (Fsp3) is 0.333. The minimum atomic E-state index is -0.472. The summed E-state index contributed by atoms with van der Waals surface area (Å²) in [5.41, 5.74) is 0. The molecule has 19 heavy (non-hydrogen) atoms. The van der Waals surface area contributed by atoms with Crippen LogP contribution in [0.2, 0.25) is 5.02 Å². The van der Waals surface area contributed by atoms with E-state index in [-0.39, 0.29) is 5.02 Å². The van der Waals surface area contributed by atoms with E-state index in [4.69, 9.17) is 16.3 Å². The second-order valence-corrected chi connectivity index (χ2v) is 5.73. The lowest BCUT2D eigenvalue weighted by Gasteiger charge is -2.01. The minimum Gasteiger partial charge on any atom is -0.430 e. The van der Waals surface area contributed by atoms with Crippen molar-refractivity contribution in [3.8, 4) is 10.9 Å². The summed E-state index contributed by atoms with van der Waals surface area (Å²) in [6, 6.07) is 4.81. The molecule has 1 aliphatic carbocycles. The second kappa shape index (κ2) is 5.40. The van der Waals surface area contributed by atoms with E-state index in [1.165, 1.54) is 42.4 Å². The predicted octanol–water partition coefficient (Wildman–Crippen LogP) is 3.37. The van der Waals surface area contributed by atoms with E-state index in [0.717, 1.165) is 5.01 Å². The molecule has 0 bridgehead atoms. The number of rotatable bonds is 5. The lowest BCUT2D eigenvalue weighted by molar-refractivity contribution is 0.471. The third-order valence-electron chi connectivity index (χ3n) is 2.66. The summed E-state index contributed by atoms with van der Waals surface area (Å²) in [5, 5.41) is 12.6. The predicted molar refractivity (Wildman–Crippen MR) is 71.3 cm³/mol. The third kappa shape index (κ3) is 3.40. The van der Waals surface area contributed by atoms with E-state index in [1.54, 1.807) is 0 Å². The number of halogens is 2. The Balaban J connectivity index is 1.63. The van der Waals surface area contributed by atoms with E-state index in [1.807, 2.05) is 0 Å². The van der Waals surface area contributed by atoms with Crippen molar-refractivity contribution in [2.75, 3.05) is 0 Å². The van der Waals surface area contributed by atoms with Gasteiger partial charge in [-0.05, 0) is 25.0 Å². The van der Waals surface area contributed by atoms with Crippen LogP contribution in [-0.4, -0.2) is 16.2 Å². The zero-order valence-corrected chi connectivity index (χ0v) is 11.5. The molecule has 4 nitrogen and oxygen atoms in total. The Labute approximate surface area is 118 Å². The lowest BCUT2D eigenvalue weighted by atomic mass is 10.3. The highest BCUT2D eigenvalue weighted by Gasteiger charge is 2.20. The molecule has 0 saturated heterocycles. The highest BCUT2D eigenvalue weighted by atomic mass is 35.5. The zero-order chi connectivity index (χ0) is 13.2. The highest BCUT2D eigenvalue weighted by Crippen LogP contribution is 2.28. The van der Waals surface area contributed by atoms with Gasteiger partial charge in [0.2, 0.25) is 0 Å². The van der Waals surface area contributed by atoms with Gasteiger partial charge in [-0.1, -0.05) is 28.0 Å². The smallest absolute Gasteiger partial charge is 0.299 e. The van der Waals surface area contributed by atoms with Gasteiger partial charge in [-0.15, -0.1) is 5.10 Å². The molecule has 7 heteroatoms. The largest absolute Gasteiger partial charge is 0.430 e. The second-order valence-electron chi connectivity index (χ2n) is 4.29. The Morgan fingerprint density at radius 2 is 2.26 bits per heavy atom. The Morgan fingerprint density at radius 1 is 1.42 bits per heavy atom. The van der Waals surface area contributed by atoms with Gasteiger partial charge in [0.15, 0.2) is 0 Å². The van der Waals surface area contributed by atoms with Gasteiger partial charge in [-0.2, -0.15) is 0 Å². The molecule has 1 aromatic heterocycles. The number of nitrogens with one attached hydrogen (secondary N) is 1. The molecule has 1 saturated carbocycles. The normalized spacial score (nSPS) is 14.6. The van der Waals surface area contributed by atoms with Crippen molar-refractivity contribution in [2.24, 2.45) is 0 Å². The standard InChI is InChI=1S/C12H11ClFN3OS/c13-9-5-8(3-4-10(9)14)18-12-17-16-11(19-12)6-15-7-1-2-7/h3-5,7,15H,1-2,6H2. The minimum absolute atomic E-state index is 0.0256. The molecule has 3 rings (SSSR count). The molecule has 1 aromatic carbocycles. The van der Waals surface area contributed by atoms with E-state index in [0.29, 0.717) is 23.5 Å². The number of hydrogen-bond acceptors (Lipinski definition) is 5. The molecule has 0 amide bonds. The third-order valence-corrected chi connectivity index (χ3v) is 3.75. The Bertz CT molecular complexity index is 588. The molecule has 1 heterocycles. The number of ether oxygens (including phenoxy) is 1. The number of nitrogens with zero attached hydrogens (tertiary/aromatic N) is 2. The topological polar surface area (TPSA) is 47.0 Å². The van der Waals surface area contributed by atoms with Crippen LogP contribution in [0.3, 0.4) is 0 Å². The molecule has 0 aliphatic heterocycles. The van der Waals surface area contributed by atoms with Gasteiger partial charge in [0, 0.05) is 12.1 Å². The summed E-state index contributed by atoms with van der Waals surface area (Å²) < 4.78 is 18.5.